The maximum atomic E-state index is 12.7. The zero-order valence-corrected chi connectivity index (χ0v) is 15.1. The highest BCUT2D eigenvalue weighted by Gasteiger charge is 2.24. The first kappa shape index (κ1) is 17.9. The van der Waals surface area contributed by atoms with Gasteiger partial charge in [0.25, 0.3) is 0 Å². The van der Waals surface area contributed by atoms with E-state index in [0.29, 0.717) is 39.3 Å². The van der Waals surface area contributed by atoms with Gasteiger partial charge in [-0.05, 0) is 18.6 Å². The number of hydrogen-bond donors (Lipinski definition) is 0. The lowest BCUT2D eigenvalue weighted by Crippen LogP contribution is -2.46. The zero-order chi connectivity index (χ0) is 17.6. The van der Waals surface area contributed by atoms with Gasteiger partial charge >= 0.3 is 0 Å². The number of ether oxygens (including phenoxy) is 2. The fraction of sp³-hybridized carbons (Fsp3) is 0.579. The fourth-order valence-corrected chi connectivity index (χ4v) is 3.38. The minimum atomic E-state index is 0.0814. The fourth-order valence-electron chi connectivity index (χ4n) is 3.38. The summed E-state index contributed by atoms with van der Waals surface area (Å²) >= 11 is 0. The number of aryl methyl sites for hydroxylation is 2. The Kier molecular flexibility index (Phi) is 6.04. The molecule has 2 aromatic rings. The molecule has 0 radical (unpaired) electrons. The Labute approximate surface area is 148 Å². The summed E-state index contributed by atoms with van der Waals surface area (Å²) < 4.78 is 13.0. The lowest BCUT2D eigenvalue weighted by atomic mass is 10.2. The Morgan fingerprint density at radius 1 is 1.40 bits per heavy atom. The van der Waals surface area contributed by atoms with Gasteiger partial charge in [0, 0.05) is 46.2 Å². The summed E-state index contributed by atoms with van der Waals surface area (Å²) in [6.07, 6.45) is 2.26. The molecule has 0 N–H and O–H groups in total. The molecular formula is C19H27N3O3. The third-order valence-corrected chi connectivity index (χ3v) is 4.73. The van der Waals surface area contributed by atoms with Gasteiger partial charge < -0.3 is 18.9 Å². The number of carbonyl (C=O) groups is 1. The number of amides is 1. The van der Waals surface area contributed by atoms with Crippen LogP contribution in [0.4, 0.5) is 0 Å². The number of rotatable bonds is 7. The normalized spacial score (nSPS) is 18.0. The second-order valence-corrected chi connectivity index (χ2v) is 6.39. The summed E-state index contributed by atoms with van der Waals surface area (Å²) in [5.41, 5.74) is 2.10. The molecule has 1 aliphatic heterocycles. The van der Waals surface area contributed by atoms with Crippen LogP contribution in [0.1, 0.15) is 25.6 Å². The van der Waals surface area contributed by atoms with Crippen molar-refractivity contribution in [3.63, 3.8) is 0 Å². The van der Waals surface area contributed by atoms with Crippen LogP contribution in [-0.4, -0.2) is 59.9 Å². The maximum absolute atomic E-state index is 12.7. The first-order chi connectivity index (χ1) is 12.2. The third kappa shape index (κ3) is 4.19. The lowest BCUT2D eigenvalue weighted by molar-refractivity contribution is -0.139. The molecule has 3 rings (SSSR count). The number of fused-ring (bicyclic) bond motifs is 1. The van der Waals surface area contributed by atoms with E-state index < -0.39 is 0 Å². The van der Waals surface area contributed by atoms with Crippen LogP contribution >= 0.6 is 0 Å². The molecule has 2 heterocycles. The molecule has 6 heteroatoms. The molecule has 1 aromatic heterocycles. The maximum Gasteiger partial charge on any atom is 0.224 e. The Bertz CT molecular complexity index is 713. The van der Waals surface area contributed by atoms with Crippen LogP contribution in [0.15, 0.2) is 24.3 Å². The largest absolute Gasteiger partial charge is 0.385 e. The van der Waals surface area contributed by atoms with Crippen molar-refractivity contribution in [2.75, 3.05) is 33.4 Å². The summed E-state index contributed by atoms with van der Waals surface area (Å²) in [7, 11) is 1.69. The van der Waals surface area contributed by atoms with E-state index in [2.05, 4.69) is 22.5 Å². The van der Waals surface area contributed by atoms with Gasteiger partial charge in [-0.1, -0.05) is 19.1 Å². The van der Waals surface area contributed by atoms with E-state index in [1.54, 1.807) is 7.11 Å². The van der Waals surface area contributed by atoms with Crippen LogP contribution in [0.2, 0.25) is 0 Å². The number of morpholine rings is 1. The smallest absolute Gasteiger partial charge is 0.224 e. The Morgan fingerprint density at radius 3 is 3.04 bits per heavy atom. The van der Waals surface area contributed by atoms with Crippen LogP contribution in [0, 0.1) is 0 Å². The van der Waals surface area contributed by atoms with Crippen molar-refractivity contribution in [3.8, 4) is 0 Å². The number of para-hydroxylation sites is 2. The molecule has 1 fully saturated rings. The van der Waals surface area contributed by atoms with E-state index in [0.717, 1.165) is 29.7 Å². The van der Waals surface area contributed by atoms with Crippen LogP contribution < -0.4 is 0 Å². The summed E-state index contributed by atoms with van der Waals surface area (Å²) in [6.45, 7) is 5.37. The molecule has 0 saturated carbocycles. The highest BCUT2D eigenvalue weighted by Crippen LogP contribution is 2.18. The quantitative estimate of drug-likeness (QED) is 0.772. The molecule has 6 nitrogen and oxygen atoms in total. The Morgan fingerprint density at radius 2 is 2.24 bits per heavy atom. The molecule has 1 amide bonds. The third-order valence-electron chi connectivity index (χ3n) is 4.73. The monoisotopic (exact) mass is 345 g/mol. The van der Waals surface area contributed by atoms with E-state index in [4.69, 9.17) is 9.47 Å². The van der Waals surface area contributed by atoms with Crippen molar-refractivity contribution in [1.29, 1.82) is 0 Å². The highest BCUT2D eigenvalue weighted by molar-refractivity contribution is 5.78. The Hall–Kier alpha value is -1.92. The first-order valence-electron chi connectivity index (χ1n) is 9.05. The van der Waals surface area contributed by atoms with Gasteiger partial charge in [0.1, 0.15) is 5.82 Å². The second kappa shape index (κ2) is 8.45. The summed E-state index contributed by atoms with van der Waals surface area (Å²) in [5, 5.41) is 0. The van der Waals surface area contributed by atoms with Gasteiger partial charge in [0.15, 0.2) is 0 Å². The molecular weight excluding hydrogens is 318 g/mol. The molecule has 1 aliphatic rings. The number of nitrogens with zero attached hydrogens (tertiary/aromatic N) is 3. The summed E-state index contributed by atoms with van der Waals surface area (Å²) in [5.74, 6) is 1.22. The molecule has 25 heavy (non-hydrogen) atoms. The molecule has 0 bridgehead atoms. The van der Waals surface area contributed by atoms with Crippen LogP contribution in [0.25, 0.3) is 11.0 Å². The average molecular weight is 345 g/mol. The predicted molar refractivity (Wildman–Crippen MR) is 96.5 cm³/mol. The standard InChI is InChI=1S/C19H27N3O3/c1-3-18-20-16-6-4-5-7-17(16)22(18)10-8-19(23)21-11-13-25-15(14-21)9-12-24-2/h4-7,15H,3,8-14H2,1-2H3/t15-/m1/s1. The van der Waals surface area contributed by atoms with Gasteiger partial charge in [-0.25, -0.2) is 4.98 Å². The minimum Gasteiger partial charge on any atom is -0.385 e. The molecule has 0 aliphatic carbocycles. The van der Waals surface area contributed by atoms with E-state index in [1.807, 2.05) is 23.1 Å². The highest BCUT2D eigenvalue weighted by atomic mass is 16.5. The van der Waals surface area contributed by atoms with Crippen molar-refractivity contribution >= 4 is 16.9 Å². The molecule has 136 valence electrons. The number of hydrogen-bond acceptors (Lipinski definition) is 4. The SMILES string of the molecule is CCc1nc2ccccc2n1CCC(=O)N1CCO[C@H](CCOC)C1. The summed E-state index contributed by atoms with van der Waals surface area (Å²) in [4.78, 5) is 19.3. The number of carbonyl (C=O) groups excluding carboxylic acids is 1. The number of methoxy groups -OCH3 is 1. The molecule has 1 aromatic carbocycles. The van der Waals surface area contributed by atoms with E-state index in [1.165, 1.54) is 0 Å². The Balaban J connectivity index is 1.62. The van der Waals surface area contributed by atoms with E-state index >= 15 is 0 Å². The van der Waals surface area contributed by atoms with Crippen molar-refractivity contribution in [1.82, 2.24) is 14.5 Å². The van der Waals surface area contributed by atoms with Gasteiger partial charge in [-0.15, -0.1) is 0 Å². The van der Waals surface area contributed by atoms with Gasteiger partial charge in [-0.3, -0.25) is 4.79 Å². The first-order valence-corrected chi connectivity index (χ1v) is 9.05. The van der Waals surface area contributed by atoms with Crippen LogP contribution in [0.3, 0.4) is 0 Å². The van der Waals surface area contributed by atoms with Gasteiger partial charge in [0.05, 0.1) is 23.7 Å². The number of benzene rings is 1. The molecule has 1 atom stereocenters. The second-order valence-electron chi connectivity index (χ2n) is 6.39. The minimum absolute atomic E-state index is 0.0814. The lowest BCUT2D eigenvalue weighted by Gasteiger charge is -2.33. The topological polar surface area (TPSA) is 56.6 Å². The van der Waals surface area contributed by atoms with Crippen molar-refractivity contribution in [3.05, 3.63) is 30.1 Å². The van der Waals surface area contributed by atoms with Gasteiger partial charge in [-0.2, -0.15) is 0 Å². The number of aromatic nitrogens is 2. The van der Waals surface area contributed by atoms with Crippen molar-refractivity contribution in [2.24, 2.45) is 0 Å². The zero-order valence-electron chi connectivity index (χ0n) is 15.1. The molecule has 1 saturated heterocycles. The van der Waals surface area contributed by atoms with Gasteiger partial charge in [0.2, 0.25) is 5.91 Å². The van der Waals surface area contributed by atoms with Crippen molar-refractivity contribution < 1.29 is 14.3 Å². The average Bonchev–Trinajstić information content (AvgIpc) is 3.02. The predicted octanol–water partition coefficient (Wildman–Crippen LogP) is 2.25. The van der Waals surface area contributed by atoms with E-state index in [-0.39, 0.29) is 12.0 Å². The van der Waals surface area contributed by atoms with Crippen LogP contribution in [0.5, 0.6) is 0 Å². The molecule has 0 spiro atoms. The van der Waals surface area contributed by atoms with E-state index in [9.17, 15) is 4.79 Å². The summed E-state index contributed by atoms with van der Waals surface area (Å²) in [6, 6.07) is 8.11. The molecule has 0 unspecified atom stereocenters. The number of imidazole rings is 1. The van der Waals surface area contributed by atoms with Crippen LogP contribution in [-0.2, 0) is 27.2 Å². The van der Waals surface area contributed by atoms with Crippen molar-refractivity contribution in [2.45, 2.75) is 38.8 Å².